The number of hydrogen-bond donors (Lipinski definition) is 1. The first-order chi connectivity index (χ1) is 16.9. The van der Waals surface area contributed by atoms with E-state index in [4.69, 9.17) is 26.5 Å². The van der Waals surface area contributed by atoms with E-state index in [1.165, 1.54) is 22.3 Å². The Morgan fingerprint density at radius 1 is 1.14 bits per heavy atom. The number of hydrazone groups is 1. The van der Waals surface area contributed by atoms with Gasteiger partial charge >= 0.3 is 0 Å². The van der Waals surface area contributed by atoms with Crippen LogP contribution in [0.5, 0.6) is 11.5 Å². The van der Waals surface area contributed by atoms with Crippen LogP contribution in [0.15, 0.2) is 58.1 Å². The monoisotopic (exact) mass is 510 g/mol. The molecule has 4 rings (SSSR count). The molecule has 1 atom stereocenters. The number of amidine groups is 2. The Hall–Kier alpha value is -3.10. The van der Waals surface area contributed by atoms with Gasteiger partial charge in [0.25, 0.3) is 5.91 Å². The summed E-state index contributed by atoms with van der Waals surface area (Å²) in [5, 5.41) is 16.0. The highest BCUT2D eigenvalue weighted by Crippen LogP contribution is 2.31. The number of carbonyl (C=O) groups excluding carboxylic acids is 1. The molecule has 0 saturated heterocycles. The molecule has 35 heavy (non-hydrogen) atoms. The fraction of sp³-hybridized carbons (Fsp3) is 0.308. The van der Waals surface area contributed by atoms with Gasteiger partial charge in [0.05, 0.1) is 5.57 Å². The Morgan fingerprint density at radius 3 is 2.60 bits per heavy atom. The number of ether oxygens (including phenoxy) is 2. The summed E-state index contributed by atoms with van der Waals surface area (Å²) in [4.78, 5) is 16.8. The van der Waals surface area contributed by atoms with Crippen molar-refractivity contribution in [2.45, 2.75) is 39.5 Å². The van der Waals surface area contributed by atoms with Crippen molar-refractivity contribution in [3.63, 3.8) is 0 Å². The van der Waals surface area contributed by atoms with Gasteiger partial charge < -0.3 is 9.47 Å². The number of nitrogens with one attached hydrogen (secondary N) is 1. The van der Waals surface area contributed by atoms with Crippen molar-refractivity contribution in [2.75, 3.05) is 13.2 Å². The fourth-order valence-corrected chi connectivity index (χ4v) is 4.54. The number of rotatable bonds is 9. The lowest BCUT2D eigenvalue weighted by Crippen LogP contribution is -2.35. The van der Waals surface area contributed by atoms with Gasteiger partial charge in [-0.1, -0.05) is 44.5 Å². The van der Waals surface area contributed by atoms with E-state index in [1.807, 2.05) is 19.1 Å². The maximum absolute atomic E-state index is 12.7. The van der Waals surface area contributed by atoms with Crippen molar-refractivity contribution in [3.8, 4) is 11.5 Å². The van der Waals surface area contributed by atoms with Crippen LogP contribution in [0.1, 0.15) is 50.7 Å². The molecule has 7 nitrogen and oxygen atoms in total. The standard InChI is InChI=1S/C26H27ClN4O3S/c1-4-16(3)17-6-9-20(10-7-17)33-12-13-34-22-11-8-19(27)14-18(22)15-21-24(28)31-26(29-25(21)32)35-23(5-2)30-31/h6-11,14-16,28H,4-5,12-13H2,1-3H3/b21-15-,28-24?. The number of thioether (sulfide) groups is 1. The first-order valence-electron chi connectivity index (χ1n) is 11.5. The first-order valence-corrected chi connectivity index (χ1v) is 12.7. The van der Waals surface area contributed by atoms with E-state index in [-0.39, 0.29) is 11.4 Å². The van der Waals surface area contributed by atoms with Crippen LogP contribution in [0.25, 0.3) is 6.08 Å². The van der Waals surface area contributed by atoms with Gasteiger partial charge in [-0.25, -0.2) is 0 Å². The highest BCUT2D eigenvalue weighted by Gasteiger charge is 2.35. The van der Waals surface area contributed by atoms with Gasteiger partial charge in [0.15, 0.2) is 5.84 Å². The van der Waals surface area contributed by atoms with E-state index in [9.17, 15) is 4.79 Å². The second kappa shape index (κ2) is 11.1. The van der Waals surface area contributed by atoms with Crippen molar-refractivity contribution in [1.29, 1.82) is 5.41 Å². The minimum atomic E-state index is -0.489. The highest BCUT2D eigenvalue weighted by molar-refractivity contribution is 8.26. The number of hydrogen-bond acceptors (Lipinski definition) is 6. The van der Waals surface area contributed by atoms with Gasteiger partial charge in [0.2, 0.25) is 5.17 Å². The van der Waals surface area contributed by atoms with Gasteiger partial charge in [0.1, 0.15) is 29.8 Å². The smallest absolute Gasteiger partial charge is 0.283 e. The second-order valence-electron chi connectivity index (χ2n) is 8.12. The summed E-state index contributed by atoms with van der Waals surface area (Å²) in [7, 11) is 0. The molecule has 0 radical (unpaired) electrons. The van der Waals surface area contributed by atoms with Crippen LogP contribution in [0.4, 0.5) is 0 Å². The highest BCUT2D eigenvalue weighted by atomic mass is 35.5. The van der Waals surface area contributed by atoms with Gasteiger partial charge in [-0.15, -0.1) is 0 Å². The van der Waals surface area contributed by atoms with E-state index >= 15 is 0 Å². The van der Waals surface area contributed by atoms with Crippen LogP contribution in [-0.2, 0) is 4.79 Å². The van der Waals surface area contributed by atoms with Gasteiger partial charge in [-0.3, -0.25) is 10.2 Å². The molecular formula is C26H27ClN4O3S. The van der Waals surface area contributed by atoms with E-state index in [1.54, 1.807) is 24.3 Å². The normalized spacial score (nSPS) is 17.3. The molecule has 0 fully saturated rings. The minimum absolute atomic E-state index is 0.0222. The first kappa shape index (κ1) is 25.0. The predicted octanol–water partition coefficient (Wildman–Crippen LogP) is 6.34. The van der Waals surface area contributed by atoms with Crippen molar-refractivity contribution in [3.05, 3.63) is 64.2 Å². The molecule has 2 aliphatic heterocycles. The Kier molecular flexibility index (Phi) is 7.93. The molecule has 2 aliphatic rings. The van der Waals surface area contributed by atoms with Gasteiger partial charge in [-0.05, 0) is 72.5 Å². The molecule has 1 unspecified atom stereocenters. The molecule has 1 amide bonds. The lowest BCUT2D eigenvalue weighted by Gasteiger charge is -2.20. The number of nitrogens with zero attached hydrogens (tertiary/aromatic N) is 3. The zero-order chi connectivity index (χ0) is 24.9. The summed E-state index contributed by atoms with van der Waals surface area (Å²) in [6.45, 7) is 6.99. The van der Waals surface area contributed by atoms with Crippen LogP contribution in [0.3, 0.4) is 0 Å². The maximum atomic E-state index is 12.7. The average molecular weight is 511 g/mol. The Balaban J connectivity index is 1.44. The zero-order valence-corrected chi connectivity index (χ0v) is 21.4. The van der Waals surface area contributed by atoms with Crippen molar-refractivity contribution < 1.29 is 14.3 Å². The predicted molar refractivity (Wildman–Crippen MR) is 143 cm³/mol. The van der Waals surface area contributed by atoms with Crippen molar-refractivity contribution in [1.82, 2.24) is 5.01 Å². The summed E-state index contributed by atoms with van der Waals surface area (Å²) < 4.78 is 11.8. The van der Waals surface area contributed by atoms with Crippen molar-refractivity contribution >= 4 is 51.4 Å². The van der Waals surface area contributed by atoms with Crippen LogP contribution >= 0.6 is 23.4 Å². The van der Waals surface area contributed by atoms with Crippen LogP contribution in [0, 0.1) is 5.41 Å². The molecule has 0 saturated carbocycles. The van der Waals surface area contributed by atoms with E-state index in [2.05, 4.69) is 36.1 Å². The van der Waals surface area contributed by atoms with Gasteiger partial charge in [-0.2, -0.15) is 15.1 Å². The summed E-state index contributed by atoms with van der Waals surface area (Å²) in [5.74, 6) is 1.32. The Bertz CT molecular complexity index is 1220. The number of benzene rings is 2. The van der Waals surface area contributed by atoms with Crippen LogP contribution in [0.2, 0.25) is 5.02 Å². The van der Waals surface area contributed by atoms with Gasteiger partial charge in [0, 0.05) is 10.6 Å². The molecule has 9 heteroatoms. The summed E-state index contributed by atoms with van der Waals surface area (Å²) in [6.07, 6.45) is 3.37. The summed E-state index contributed by atoms with van der Waals surface area (Å²) >= 11 is 7.52. The summed E-state index contributed by atoms with van der Waals surface area (Å²) in [6, 6.07) is 13.3. The number of carbonyl (C=O) groups is 1. The molecule has 0 aromatic heterocycles. The Labute approximate surface area is 214 Å². The zero-order valence-electron chi connectivity index (χ0n) is 19.9. The quantitative estimate of drug-likeness (QED) is 0.314. The number of amides is 1. The molecule has 2 heterocycles. The molecular weight excluding hydrogens is 484 g/mol. The number of fused-ring (bicyclic) bond motifs is 1. The third-order valence-electron chi connectivity index (χ3n) is 5.74. The SMILES string of the molecule is CCC1=NN2C(=N)/C(=C/c3cc(Cl)ccc3OCCOc3ccc(C(C)CC)cc3)C(=O)N=C2S1. The minimum Gasteiger partial charge on any atom is -0.490 e. The molecule has 182 valence electrons. The lowest BCUT2D eigenvalue weighted by atomic mass is 9.99. The topological polar surface area (TPSA) is 87.3 Å². The fourth-order valence-electron chi connectivity index (χ4n) is 3.53. The van der Waals surface area contributed by atoms with Crippen LogP contribution in [-0.4, -0.2) is 40.2 Å². The third-order valence-corrected chi connectivity index (χ3v) is 7.03. The largest absolute Gasteiger partial charge is 0.490 e. The number of halogens is 1. The molecule has 1 N–H and O–H groups in total. The molecule has 0 spiro atoms. The van der Waals surface area contributed by atoms with Crippen LogP contribution < -0.4 is 9.47 Å². The van der Waals surface area contributed by atoms with E-state index in [0.717, 1.165) is 17.2 Å². The third kappa shape index (κ3) is 5.77. The maximum Gasteiger partial charge on any atom is 0.283 e. The molecule has 2 aromatic carbocycles. The van der Waals surface area contributed by atoms with Crippen molar-refractivity contribution in [2.24, 2.45) is 10.1 Å². The number of aliphatic imine (C=N–C) groups is 1. The lowest BCUT2D eigenvalue weighted by molar-refractivity contribution is -0.114. The van der Waals surface area contributed by atoms with E-state index in [0.29, 0.717) is 47.1 Å². The second-order valence-corrected chi connectivity index (χ2v) is 9.60. The van der Waals surface area contributed by atoms with E-state index < -0.39 is 5.91 Å². The summed E-state index contributed by atoms with van der Waals surface area (Å²) in [5.41, 5.74) is 1.99. The molecule has 2 aromatic rings. The average Bonchev–Trinajstić information content (AvgIpc) is 3.28. The Morgan fingerprint density at radius 2 is 1.89 bits per heavy atom. The molecule has 0 bridgehead atoms. The molecule has 0 aliphatic carbocycles.